The van der Waals surface area contributed by atoms with Gasteiger partial charge in [-0.1, -0.05) is 12.0 Å². The first-order valence-electron chi connectivity index (χ1n) is 11.3. The predicted octanol–water partition coefficient (Wildman–Crippen LogP) is 4.30. The Bertz CT molecular complexity index is 1100. The Kier molecular flexibility index (Phi) is 6.94. The van der Waals surface area contributed by atoms with Crippen molar-refractivity contribution in [2.24, 2.45) is 0 Å². The summed E-state index contributed by atoms with van der Waals surface area (Å²) in [6.07, 6.45) is 8.98. The number of fused-ring (bicyclic) bond motifs is 1. The molecule has 2 fully saturated rings. The van der Waals surface area contributed by atoms with Gasteiger partial charge in [0.25, 0.3) is 0 Å². The monoisotopic (exact) mass is 469 g/mol. The molecule has 0 aromatic heterocycles. The number of rotatable bonds is 6. The molecule has 1 saturated heterocycles. The fourth-order valence-electron chi connectivity index (χ4n) is 5.49. The molecule has 0 unspecified atom stereocenters. The molecule has 0 radical (unpaired) electrons. The summed E-state index contributed by atoms with van der Waals surface area (Å²) in [6.45, 7) is 1.41. The number of nitrogens with one attached hydrogen (secondary N) is 2. The average molecular weight is 470 g/mol. The van der Waals surface area contributed by atoms with Gasteiger partial charge in [0, 0.05) is 35.8 Å². The van der Waals surface area contributed by atoms with E-state index < -0.39 is 17.7 Å². The molecular formula is C26H29F2N3O3. The lowest BCUT2D eigenvalue weighted by molar-refractivity contribution is 0.147. The van der Waals surface area contributed by atoms with Gasteiger partial charge >= 0.3 is 6.03 Å². The van der Waals surface area contributed by atoms with E-state index in [1.54, 1.807) is 14.2 Å². The number of hydrogen-bond acceptors (Lipinski definition) is 4. The van der Waals surface area contributed by atoms with Crippen LogP contribution in [-0.2, 0) is 5.41 Å². The van der Waals surface area contributed by atoms with Crippen LogP contribution in [0.15, 0.2) is 36.4 Å². The van der Waals surface area contributed by atoms with Crippen molar-refractivity contribution in [2.75, 3.05) is 32.6 Å². The van der Waals surface area contributed by atoms with E-state index in [2.05, 4.69) is 33.6 Å². The van der Waals surface area contributed by atoms with Gasteiger partial charge in [0.05, 0.1) is 20.8 Å². The third-order valence-corrected chi connectivity index (χ3v) is 7.14. The Morgan fingerprint density at radius 1 is 1.15 bits per heavy atom. The third kappa shape index (κ3) is 4.53. The van der Waals surface area contributed by atoms with E-state index in [9.17, 15) is 13.6 Å². The molecule has 0 spiro atoms. The molecule has 2 aromatic rings. The second kappa shape index (κ2) is 9.90. The van der Waals surface area contributed by atoms with E-state index in [4.69, 9.17) is 15.9 Å². The molecule has 1 aliphatic carbocycles. The Morgan fingerprint density at radius 2 is 1.94 bits per heavy atom. The molecule has 2 aromatic carbocycles. The van der Waals surface area contributed by atoms with Gasteiger partial charge < -0.3 is 20.1 Å². The van der Waals surface area contributed by atoms with Crippen molar-refractivity contribution in [3.05, 3.63) is 53.6 Å². The minimum absolute atomic E-state index is 0.0815. The van der Waals surface area contributed by atoms with E-state index in [1.807, 2.05) is 6.07 Å². The van der Waals surface area contributed by atoms with Crippen LogP contribution in [0.3, 0.4) is 0 Å². The van der Waals surface area contributed by atoms with E-state index in [1.165, 1.54) is 11.6 Å². The number of nitrogens with zero attached hydrogens (tertiary/aromatic N) is 1. The van der Waals surface area contributed by atoms with Crippen LogP contribution in [0.4, 0.5) is 19.3 Å². The molecule has 2 amide bonds. The first-order chi connectivity index (χ1) is 16.4. The van der Waals surface area contributed by atoms with Crippen molar-refractivity contribution in [1.82, 2.24) is 10.2 Å². The van der Waals surface area contributed by atoms with E-state index in [0.717, 1.165) is 44.4 Å². The van der Waals surface area contributed by atoms with Crippen LogP contribution in [-0.4, -0.2) is 50.3 Å². The normalized spacial score (nSPS) is 24.1. The number of halogens is 2. The molecule has 0 bridgehead atoms. The fraction of sp³-hybridized carbons (Fsp3) is 0.423. The molecule has 1 aliphatic heterocycles. The van der Waals surface area contributed by atoms with Crippen molar-refractivity contribution < 1.29 is 23.0 Å². The Hall–Kier alpha value is -3.31. The number of hydrogen-bond donors (Lipinski definition) is 2. The molecule has 1 saturated carbocycles. The minimum Gasteiger partial charge on any atom is -0.493 e. The fourth-order valence-corrected chi connectivity index (χ4v) is 5.49. The van der Waals surface area contributed by atoms with Crippen LogP contribution in [0.2, 0.25) is 0 Å². The van der Waals surface area contributed by atoms with Crippen molar-refractivity contribution in [1.29, 1.82) is 0 Å². The largest absolute Gasteiger partial charge is 0.493 e. The zero-order chi connectivity index (χ0) is 24.3. The van der Waals surface area contributed by atoms with Gasteiger partial charge in [0.1, 0.15) is 0 Å². The number of anilines is 1. The molecule has 4 rings (SSSR count). The molecule has 6 nitrogen and oxygen atoms in total. The van der Waals surface area contributed by atoms with E-state index in [-0.39, 0.29) is 23.2 Å². The standard InChI is InChI=1S/C26H29F2N3O3/c1-4-12-31-13-11-26(17-5-8-22(33-2)23(14-17)34-3)10-9-19(16-24(26)31)30-25(32)29-18-6-7-20(27)21(28)15-18/h1,5-8,14-15,19,24H,9-13,16H2,2-3H3,(H2,29,30,32)/t19-,24+,26+/m1/s1. The lowest BCUT2D eigenvalue weighted by Crippen LogP contribution is -2.53. The number of benzene rings is 2. The van der Waals surface area contributed by atoms with Crippen LogP contribution in [0, 0.1) is 24.0 Å². The van der Waals surface area contributed by atoms with Gasteiger partial charge in [-0.05, 0) is 55.5 Å². The number of carbonyl (C=O) groups is 1. The topological polar surface area (TPSA) is 62.8 Å². The van der Waals surface area contributed by atoms with Gasteiger partial charge in [-0.2, -0.15) is 0 Å². The lowest BCUT2D eigenvalue weighted by Gasteiger charge is -2.45. The maximum absolute atomic E-state index is 13.5. The second-order valence-electron chi connectivity index (χ2n) is 8.86. The summed E-state index contributed by atoms with van der Waals surface area (Å²) in [5.74, 6) is 2.17. The average Bonchev–Trinajstić information content (AvgIpc) is 3.20. The van der Waals surface area contributed by atoms with Crippen molar-refractivity contribution in [3.63, 3.8) is 0 Å². The van der Waals surface area contributed by atoms with Gasteiger partial charge in [-0.3, -0.25) is 4.90 Å². The first-order valence-corrected chi connectivity index (χ1v) is 11.3. The first kappa shape index (κ1) is 23.8. The number of carbonyl (C=O) groups excluding carboxylic acids is 1. The van der Waals surface area contributed by atoms with Crippen LogP contribution in [0.25, 0.3) is 0 Å². The van der Waals surface area contributed by atoms with Gasteiger partial charge in [0.2, 0.25) is 0 Å². The minimum atomic E-state index is -1.01. The molecule has 2 aliphatic rings. The molecule has 8 heteroatoms. The van der Waals surface area contributed by atoms with E-state index in [0.29, 0.717) is 18.0 Å². The van der Waals surface area contributed by atoms with Crippen molar-refractivity contribution in [2.45, 2.75) is 43.2 Å². The van der Waals surface area contributed by atoms with Crippen molar-refractivity contribution in [3.8, 4) is 23.8 Å². The number of methoxy groups -OCH3 is 2. The zero-order valence-corrected chi connectivity index (χ0v) is 19.4. The number of ether oxygens (including phenoxy) is 2. The highest BCUT2D eigenvalue weighted by atomic mass is 19.2. The van der Waals surface area contributed by atoms with Gasteiger partial charge in [-0.15, -0.1) is 6.42 Å². The Morgan fingerprint density at radius 3 is 2.65 bits per heavy atom. The number of terminal acetylenes is 1. The number of urea groups is 1. The zero-order valence-electron chi connectivity index (χ0n) is 19.4. The summed E-state index contributed by atoms with van der Waals surface area (Å²) in [5, 5.41) is 5.59. The summed E-state index contributed by atoms with van der Waals surface area (Å²) >= 11 is 0. The van der Waals surface area contributed by atoms with Gasteiger partial charge in [0.15, 0.2) is 23.1 Å². The summed E-state index contributed by atoms with van der Waals surface area (Å²) in [4.78, 5) is 14.9. The van der Waals surface area contributed by atoms with Crippen LogP contribution in [0.5, 0.6) is 11.5 Å². The quantitative estimate of drug-likeness (QED) is 0.620. The van der Waals surface area contributed by atoms with Crippen LogP contribution < -0.4 is 20.1 Å². The van der Waals surface area contributed by atoms with Crippen molar-refractivity contribution >= 4 is 11.7 Å². The Balaban J connectivity index is 1.52. The second-order valence-corrected chi connectivity index (χ2v) is 8.86. The van der Waals surface area contributed by atoms with Crippen LogP contribution >= 0.6 is 0 Å². The van der Waals surface area contributed by atoms with Gasteiger partial charge in [-0.25, -0.2) is 13.6 Å². The highest BCUT2D eigenvalue weighted by Gasteiger charge is 2.51. The molecular weight excluding hydrogens is 440 g/mol. The SMILES string of the molecule is C#CCN1CC[C@]2(c3ccc(OC)c(OC)c3)CC[C@@H](NC(=O)Nc3ccc(F)c(F)c3)C[C@H]12. The summed E-state index contributed by atoms with van der Waals surface area (Å²) in [6, 6.07) is 8.96. The summed E-state index contributed by atoms with van der Waals surface area (Å²) < 4.78 is 37.6. The maximum atomic E-state index is 13.5. The molecule has 2 N–H and O–H groups in total. The highest BCUT2D eigenvalue weighted by molar-refractivity contribution is 5.89. The third-order valence-electron chi connectivity index (χ3n) is 7.14. The molecule has 34 heavy (non-hydrogen) atoms. The summed E-state index contributed by atoms with van der Waals surface area (Å²) in [7, 11) is 3.24. The molecule has 180 valence electrons. The number of amides is 2. The van der Waals surface area contributed by atoms with E-state index >= 15 is 0 Å². The predicted molar refractivity (Wildman–Crippen MR) is 126 cm³/mol. The Labute approximate surface area is 198 Å². The number of likely N-dealkylation sites (tertiary alicyclic amines) is 1. The highest BCUT2D eigenvalue weighted by Crippen LogP contribution is 2.50. The molecule has 3 atom stereocenters. The smallest absolute Gasteiger partial charge is 0.319 e. The van der Waals surface area contributed by atoms with Crippen LogP contribution in [0.1, 0.15) is 31.2 Å². The summed E-state index contributed by atoms with van der Waals surface area (Å²) in [5.41, 5.74) is 1.27. The maximum Gasteiger partial charge on any atom is 0.319 e. The lowest BCUT2D eigenvalue weighted by atomic mass is 9.65. The molecule has 1 heterocycles.